The number of nitrogens with zero attached hydrogens (tertiary/aromatic N) is 5. The van der Waals surface area contributed by atoms with Gasteiger partial charge in [0, 0.05) is 67.1 Å². The van der Waals surface area contributed by atoms with E-state index in [1.54, 1.807) is 66.0 Å². The molecule has 0 bridgehead atoms. The standard InChI is InChI=1S/C82H95N13O16/c1-47(2)73(88-71(98)42-85-70(97)41-84-69(96)28-29-72(99)92-43-52-16-10-11-17-57(52)75-74(89-90-95(75)48(3)4)58-18-12-13-19-62(58)92)77(101)86-49(5)76(100)87-54-24-20-50(21-25-54)45-111-81(105)94-63-38-68(66(108-8)36-60(63)79(103)93-46-82(30-31-82)39-64(93)80(94)104)110-33-15-9-14-32-109-67-37-61-59(35-65(67)107-7)78(102)91-44-53(34-55(91)40-83-61)51-22-26-56(106-6)27-23-51/h10-13,16-27,35-38,44,47-49,55,64,73,80,83,89-90,104H,9,14-15,28-34,39-43,45-46H2,1-8H3,(H,84,96)(H,85,97)(H,86,101)(H,87,100)(H,88,98)/t49-,55-,64-,73-,80-/m0/s1. The number of fused-ring (bicyclic) bond motifs is 8. The Labute approximate surface area is 643 Å². The lowest BCUT2D eigenvalue weighted by atomic mass is 9.95. The Morgan fingerprint density at radius 2 is 1.34 bits per heavy atom. The minimum Gasteiger partial charge on any atom is -0.497 e. The van der Waals surface area contributed by atoms with Crippen LogP contribution in [0.15, 0.2) is 128 Å². The Balaban J connectivity index is 0.555. The molecule has 6 aromatic carbocycles. The highest BCUT2D eigenvalue weighted by atomic mass is 16.6. The van der Waals surface area contributed by atoms with Crippen LogP contribution in [0.4, 0.5) is 27.5 Å². The second-order valence-corrected chi connectivity index (χ2v) is 29.5. The molecule has 1 aliphatic carbocycles. The van der Waals surface area contributed by atoms with Gasteiger partial charge in [-0.1, -0.05) is 80.6 Å². The summed E-state index contributed by atoms with van der Waals surface area (Å²) in [6.45, 7) is 9.56. The minimum atomic E-state index is -1.48. The van der Waals surface area contributed by atoms with Gasteiger partial charge in [0.15, 0.2) is 29.2 Å². The number of ether oxygens (including phenoxy) is 6. The van der Waals surface area contributed by atoms with Crippen molar-refractivity contribution in [1.29, 1.82) is 0 Å². The number of carbonyl (C=O) groups is 9. The first-order valence-electron chi connectivity index (χ1n) is 37.7. The van der Waals surface area contributed by atoms with Crippen molar-refractivity contribution in [1.82, 2.24) is 47.0 Å². The van der Waals surface area contributed by atoms with Crippen molar-refractivity contribution in [3.63, 3.8) is 0 Å². The van der Waals surface area contributed by atoms with Gasteiger partial charge in [0.25, 0.3) is 11.8 Å². The van der Waals surface area contributed by atoms with Crippen molar-refractivity contribution in [3.8, 4) is 28.7 Å². The summed E-state index contributed by atoms with van der Waals surface area (Å²) in [7, 11) is 4.63. The number of hydrogen-bond donors (Lipinski definition) is 9. The average molecular weight is 1520 g/mol. The fourth-order valence-corrected chi connectivity index (χ4v) is 15.0. The summed E-state index contributed by atoms with van der Waals surface area (Å²) in [6, 6.07) is 33.4. The van der Waals surface area contributed by atoms with Crippen molar-refractivity contribution in [2.24, 2.45) is 11.3 Å². The smallest absolute Gasteiger partial charge is 0.416 e. The van der Waals surface area contributed by atoms with Crippen molar-refractivity contribution in [3.05, 3.63) is 166 Å². The van der Waals surface area contributed by atoms with Crippen LogP contribution >= 0.6 is 0 Å². The molecule has 584 valence electrons. The van der Waals surface area contributed by atoms with Gasteiger partial charge in [-0.25, -0.2) is 9.69 Å². The Kier molecular flexibility index (Phi) is 23.4. The number of hydrogen-bond acceptors (Lipinski definition) is 20. The zero-order valence-corrected chi connectivity index (χ0v) is 63.5. The van der Waals surface area contributed by atoms with Crippen LogP contribution in [-0.2, 0) is 46.7 Å². The molecule has 2 fully saturated rings. The van der Waals surface area contributed by atoms with E-state index in [1.807, 2.05) is 85.1 Å². The number of aliphatic hydroxyl groups is 1. The average Bonchev–Trinajstić information content (AvgIpc) is 1.62. The lowest BCUT2D eigenvalue weighted by Gasteiger charge is -2.31. The molecule has 0 aromatic heterocycles. The normalized spacial score (nSPS) is 18.1. The maximum Gasteiger partial charge on any atom is 0.416 e. The Morgan fingerprint density at radius 3 is 2.04 bits per heavy atom. The third kappa shape index (κ3) is 17.0. The van der Waals surface area contributed by atoms with Gasteiger partial charge < -0.3 is 85.6 Å². The molecule has 7 aliphatic rings. The first kappa shape index (κ1) is 77.3. The molecule has 0 radical (unpaired) electrons. The van der Waals surface area contributed by atoms with E-state index in [-0.39, 0.29) is 90.6 Å². The molecule has 5 atom stereocenters. The first-order chi connectivity index (χ1) is 53.5. The number of hydrazine groups is 2. The number of unbranched alkanes of at least 4 members (excludes halogenated alkanes) is 2. The number of aliphatic hydroxyl groups excluding tert-OH is 1. The van der Waals surface area contributed by atoms with Gasteiger partial charge in [-0.3, -0.25) is 43.4 Å². The number of anilines is 4. The summed E-state index contributed by atoms with van der Waals surface area (Å²) in [4.78, 5) is 129. The maximum atomic E-state index is 14.5. The molecule has 1 saturated carbocycles. The predicted molar refractivity (Wildman–Crippen MR) is 413 cm³/mol. The number of benzene rings is 6. The number of methoxy groups -OCH3 is 3. The molecule has 6 heterocycles. The van der Waals surface area contributed by atoms with Gasteiger partial charge in [-0.2, -0.15) is 0 Å². The summed E-state index contributed by atoms with van der Waals surface area (Å²) in [5.41, 5.74) is 15.9. The molecule has 13 rings (SSSR count). The lowest BCUT2D eigenvalue weighted by molar-refractivity contribution is -0.132. The van der Waals surface area contributed by atoms with E-state index in [9.17, 15) is 48.3 Å². The van der Waals surface area contributed by atoms with Crippen LogP contribution in [0, 0.1) is 11.3 Å². The van der Waals surface area contributed by atoms with Crippen LogP contribution in [-0.4, -0.2) is 170 Å². The molecule has 6 aromatic rings. The molecule has 6 aliphatic heterocycles. The van der Waals surface area contributed by atoms with Crippen molar-refractivity contribution < 1.29 is 76.7 Å². The van der Waals surface area contributed by atoms with Crippen molar-refractivity contribution >= 4 is 93.1 Å². The van der Waals surface area contributed by atoms with E-state index in [0.717, 1.165) is 62.7 Å². The number of carbonyl (C=O) groups excluding carboxylic acids is 9. The summed E-state index contributed by atoms with van der Waals surface area (Å²) < 4.78 is 35.3. The highest BCUT2D eigenvalue weighted by Crippen LogP contribution is 2.57. The molecule has 1 saturated heterocycles. The van der Waals surface area contributed by atoms with E-state index < -0.39 is 79.0 Å². The van der Waals surface area contributed by atoms with Crippen LogP contribution in [0.5, 0.6) is 28.7 Å². The monoisotopic (exact) mass is 1520 g/mol. The van der Waals surface area contributed by atoms with Gasteiger partial charge in [0.2, 0.25) is 35.4 Å². The second kappa shape index (κ2) is 33.6. The first-order valence-corrected chi connectivity index (χ1v) is 37.7. The highest BCUT2D eigenvalue weighted by Gasteiger charge is 2.58. The topological polar surface area (TPSA) is 342 Å². The zero-order chi connectivity index (χ0) is 78.4. The second-order valence-electron chi connectivity index (χ2n) is 29.5. The third-order valence-corrected chi connectivity index (χ3v) is 21.3. The zero-order valence-electron chi connectivity index (χ0n) is 63.5. The van der Waals surface area contributed by atoms with Gasteiger partial charge in [0.1, 0.15) is 24.4 Å². The molecule has 29 heteroatoms. The quantitative estimate of drug-likeness (QED) is 0.0209. The van der Waals surface area contributed by atoms with Crippen LogP contribution < -0.4 is 76.3 Å². The fraction of sp³-hybridized carbons (Fsp3) is 0.402. The lowest BCUT2D eigenvalue weighted by Crippen LogP contribution is -2.55. The molecular formula is C82H95N13O16. The molecule has 0 unspecified atom stereocenters. The molecule has 9 N–H and O–H groups in total. The van der Waals surface area contributed by atoms with E-state index in [4.69, 9.17) is 28.4 Å². The Hall–Kier alpha value is -11.9. The fourth-order valence-electron chi connectivity index (χ4n) is 15.0. The van der Waals surface area contributed by atoms with Crippen LogP contribution in [0.2, 0.25) is 0 Å². The molecule has 9 amide bonds. The van der Waals surface area contributed by atoms with Crippen molar-refractivity contribution in [2.75, 3.05) is 81.2 Å². The van der Waals surface area contributed by atoms with E-state index >= 15 is 0 Å². The van der Waals surface area contributed by atoms with E-state index in [2.05, 4.69) is 61.7 Å². The molecule has 111 heavy (non-hydrogen) atoms. The van der Waals surface area contributed by atoms with Crippen molar-refractivity contribution in [2.45, 2.75) is 142 Å². The highest BCUT2D eigenvalue weighted by molar-refractivity contribution is 6.07. The van der Waals surface area contributed by atoms with E-state index in [1.165, 1.54) is 33.3 Å². The van der Waals surface area contributed by atoms with Gasteiger partial charge in [-0.05, 0) is 142 Å². The summed E-state index contributed by atoms with van der Waals surface area (Å²) in [5, 5.41) is 30.7. The maximum absolute atomic E-state index is 14.5. The Morgan fingerprint density at radius 1 is 0.667 bits per heavy atom. The largest absolute Gasteiger partial charge is 0.497 e. The van der Waals surface area contributed by atoms with Gasteiger partial charge in [0.05, 0.1) is 106 Å². The summed E-state index contributed by atoms with van der Waals surface area (Å²) >= 11 is 0. The third-order valence-electron chi connectivity index (χ3n) is 21.3. The van der Waals surface area contributed by atoms with Crippen LogP contribution in [0.3, 0.4) is 0 Å². The van der Waals surface area contributed by atoms with E-state index in [0.29, 0.717) is 91.5 Å². The van der Waals surface area contributed by atoms with Crippen LogP contribution in [0.25, 0.3) is 17.0 Å². The summed E-state index contributed by atoms with van der Waals surface area (Å²) in [5.74, 6) is -2.23. The molecule has 1 spiro atoms. The number of nitrogens with one attached hydrogen (secondary N) is 8. The van der Waals surface area contributed by atoms with Gasteiger partial charge >= 0.3 is 6.09 Å². The number of rotatable bonds is 28. The summed E-state index contributed by atoms with van der Waals surface area (Å²) in [6.07, 6.45) is 4.06. The number of para-hydroxylation sites is 1. The molecular weight excluding hydrogens is 1420 g/mol. The SMILES string of the molecule is COc1ccc(C2=CN3C(=O)c4cc(OC)c(OCCCCCOc5cc6c(cc5OC)C(=O)N5CC7(CC7)C[C@H]5[C@H](O)N6C(=O)OCc5ccc(NC(=O)[C@H](C)NC(=O)[C@@H](NC(=O)CNC(=O)CNC(=O)CCC(=O)N6Cc7ccccc7C7=C(NNN7C(C)C)c7ccccc76)C(C)C)cc5)cc4NC[C@@H]3C2)cc1. The Bertz CT molecular complexity index is 4640. The minimum absolute atomic E-state index is 0.0772. The number of amides is 9. The predicted octanol–water partition coefficient (Wildman–Crippen LogP) is 8.19. The van der Waals surface area contributed by atoms with Crippen LogP contribution in [0.1, 0.15) is 141 Å². The van der Waals surface area contributed by atoms with Gasteiger partial charge in [-0.15, -0.1) is 5.53 Å². The molecule has 29 nitrogen and oxygen atoms in total.